The molecule has 1 unspecified atom stereocenters. The highest BCUT2D eigenvalue weighted by Crippen LogP contribution is 2.27. The Kier molecular flexibility index (Phi) is 4.01. The highest BCUT2D eigenvalue weighted by Gasteiger charge is 2.28. The molecule has 3 heteroatoms. The van der Waals surface area contributed by atoms with Crippen LogP contribution in [0.3, 0.4) is 0 Å². The second-order valence-corrected chi connectivity index (χ2v) is 5.00. The summed E-state index contributed by atoms with van der Waals surface area (Å²) >= 11 is 0. The zero-order valence-corrected chi connectivity index (χ0v) is 10.7. The Balaban J connectivity index is 2.82. The second kappa shape index (κ2) is 5.09. The number of aryl methyl sites for hydroxylation is 1. The molecule has 1 aromatic rings. The first-order valence-electron chi connectivity index (χ1n) is 5.55. The van der Waals surface area contributed by atoms with E-state index in [-0.39, 0.29) is 5.97 Å². The van der Waals surface area contributed by atoms with Crippen molar-refractivity contribution >= 4 is 5.97 Å². The van der Waals surface area contributed by atoms with E-state index in [0.717, 1.165) is 5.76 Å². The van der Waals surface area contributed by atoms with E-state index in [2.05, 4.69) is 5.92 Å². The third-order valence-electron chi connectivity index (χ3n) is 2.24. The summed E-state index contributed by atoms with van der Waals surface area (Å²) < 4.78 is 10.8. The SMILES string of the molecule is C#CCC(OC(=O)C(C)(C)C)c1ccc(C)o1. The minimum atomic E-state index is -0.547. The molecule has 0 N–H and O–H groups in total. The first kappa shape index (κ1) is 13.4. The average molecular weight is 234 g/mol. The molecule has 0 aliphatic rings. The Bertz CT molecular complexity index is 429. The summed E-state index contributed by atoms with van der Waals surface area (Å²) in [6.45, 7) is 7.24. The van der Waals surface area contributed by atoms with Crippen LogP contribution in [0.4, 0.5) is 0 Å². The lowest BCUT2D eigenvalue weighted by molar-refractivity contribution is -0.159. The fourth-order valence-electron chi connectivity index (χ4n) is 1.24. The molecule has 17 heavy (non-hydrogen) atoms. The number of ether oxygens (including phenoxy) is 1. The molecule has 0 fully saturated rings. The Labute approximate surface area is 102 Å². The van der Waals surface area contributed by atoms with Crippen molar-refractivity contribution in [3.05, 3.63) is 23.7 Å². The van der Waals surface area contributed by atoms with Gasteiger partial charge < -0.3 is 9.15 Å². The van der Waals surface area contributed by atoms with E-state index in [1.807, 2.05) is 13.0 Å². The molecule has 0 saturated heterocycles. The van der Waals surface area contributed by atoms with Crippen molar-refractivity contribution in [3.63, 3.8) is 0 Å². The topological polar surface area (TPSA) is 39.4 Å². The molecular formula is C14H18O3. The number of carbonyl (C=O) groups is 1. The largest absolute Gasteiger partial charge is 0.462 e. The van der Waals surface area contributed by atoms with Gasteiger partial charge in [-0.25, -0.2) is 0 Å². The quantitative estimate of drug-likeness (QED) is 0.595. The van der Waals surface area contributed by atoms with Crippen molar-refractivity contribution < 1.29 is 13.9 Å². The standard InChI is InChI=1S/C14H18O3/c1-6-7-11(12-9-8-10(2)16-12)17-13(15)14(3,4)5/h1,8-9,11H,7H2,2-5H3. The molecule has 1 atom stereocenters. The van der Waals surface area contributed by atoms with Crippen molar-refractivity contribution in [2.45, 2.75) is 40.2 Å². The van der Waals surface area contributed by atoms with E-state index in [9.17, 15) is 4.79 Å². The Morgan fingerprint density at radius 3 is 2.59 bits per heavy atom. The maximum Gasteiger partial charge on any atom is 0.311 e. The monoisotopic (exact) mass is 234 g/mol. The van der Waals surface area contributed by atoms with Gasteiger partial charge in [-0.2, -0.15) is 0 Å². The van der Waals surface area contributed by atoms with E-state index in [4.69, 9.17) is 15.6 Å². The van der Waals surface area contributed by atoms with Gasteiger partial charge in [0.05, 0.1) is 11.8 Å². The van der Waals surface area contributed by atoms with Crippen molar-refractivity contribution in [1.82, 2.24) is 0 Å². The first-order valence-corrected chi connectivity index (χ1v) is 5.55. The van der Waals surface area contributed by atoms with Crippen LogP contribution in [0.2, 0.25) is 0 Å². The summed E-state index contributed by atoms with van der Waals surface area (Å²) in [5.41, 5.74) is -0.547. The number of rotatable bonds is 3. The van der Waals surface area contributed by atoms with Gasteiger partial charge in [-0.15, -0.1) is 12.3 Å². The van der Waals surface area contributed by atoms with Gasteiger partial charge in [0.15, 0.2) is 6.10 Å². The number of hydrogen-bond acceptors (Lipinski definition) is 3. The Morgan fingerprint density at radius 2 is 2.18 bits per heavy atom. The van der Waals surface area contributed by atoms with Crippen LogP contribution in [0, 0.1) is 24.7 Å². The van der Waals surface area contributed by atoms with Gasteiger partial charge in [0.25, 0.3) is 0 Å². The molecule has 0 amide bonds. The van der Waals surface area contributed by atoms with Crippen LogP contribution in [0.1, 0.15) is 44.8 Å². The van der Waals surface area contributed by atoms with Crippen molar-refractivity contribution in [1.29, 1.82) is 0 Å². The molecule has 92 valence electrons. The minimum absolute atomic E-state index is 0.285. The third kappa shape index (κ3) is 3.67. The van der Waals surface area contributed by atoms with E-state index in [0.29, 0.717) is 12.2 Å². The molecule has 3 nitrogen and oxygen atoms in total. The molecule has 0 bridgehead atoms. The fourth-order valence-corrected chi connectivity index (χ4v) is 1.24. The molecule has 0 saturated carbocycles. The summed E-state index contributed by atoms with van der Waals surface area (Å²) in [7, 11) is 0. The summed E-state index contributed by atoms with van der Waals surface area (Å²) in [4.78, 5) is 11.8. The Morgan fingerprint density at radius 1 is 1.53 bits per heavy atom. The van der Waals surface area contributed by atoms with Gasteiger partial charge in [-0.1, -0.05) is 0 Å². The molecule has 0 aliphatic heterocycles. The molecule has 1 heterocycles. The molecule has 0 spiro atoms. The summed E-state index contributed by atoms with van der Waals surface area (Å²) in [5, 5.41) is 0. The third-order valence-corrected chi connectivity index (χ3v) is 2.24. The number of carbonyl (C=O) groups excluding carboxylic acids is 1. The lowest BCUT2D eigenvalue weighted by Crippen LogP contribution is -2.24. The predicted octanol–water partition coefficient (Wildman–Crippen LogP) is 3.24. The van der Waals surface area contributed by atoms with Gasteiger partial charge in [-0.3, -0.25) is 4.79 Å². The van der Waals surface area contributed by atoms with Crippen molar-refractivity contribution in [2.75, 3.05) is 0 Å². The zero-order chi connectivity index (χ0) is 13.1. The van der Waals surface area contributed by atoms with Crippen molar-refractivity contribution in [2.24, 2.45) is 5.41 Å². The summed E-state index contributed by atoms with van der Waals surface area (Å²) in [5.74, 6) is 3.58. The smallest absolute Gasteiger partial charge is 0.311 e. The van der Waals surface area contributed by atoms with Crippen LogP contribution in [-0.4, -0.2) is 5.97 Å². The number of terminal acetylenes is 1. The molecule has 0 radical (unpaired) electrons. The highest BCUT2D eigenvalue weighted by molar-refractivity contribution is 5.75. The van der Waals surface area contributed by atoms with Crippen LogP contribution < -0.4 is 0 Å². The van der Waals surface area contributed by atoms with E-state index < -0.39 is 11.5 Å². The fraction of sp³-hybridized carbons (Fsp3) is 0.500. The second-order valence-electron chi connectivity index (χ2n) is 5.00. The van der Waals surface area contributed by atoms with Gasteiger partial charge >= 0.3 is 5.97 Å². The average Bonchev–Trinajstić information content (AvgIpc) is 2.62. The van der Waals surface area contributed by atoms with Crippen LogP contribution >= 0.6 is 0 Å². The van der Waals surface area contributed by atoms with E-state index in [1.54, 1.807) is 26.8 Å². The van der Waals surface area contributed by atoms with Gasteiger partial charge in [0.1, 0.15) is 11.5 Å². The lowest BCUT2D eigenvalue weighted by Gasteiger charge is -2.21. The molecule has 0 aliphatic carbocycles. The highest BCUT2D eigenvalue weighted by atomic mass is 16.6. The van der Waals surface area contributed by atoms with E-state index in [1.165, 1.54) is 0 Å². The number of furan rings is 1. The maximum absolute atomic E-state index is 11.8. The van der Waals surface area contributed by atoms with Gasteiger partial charge in [-0.05, 0) is 39.8 Å². The summed E-state index contributed by atoms with van der Waals surface area (Å²) in [6, 6.07) is 3.61. The van der Waals surface area contributed by atoms with Crippen LogP contribution in [0.5, 0.6) is 0 Å². The number of hydrogen-bond donors (Lipinski definition) is 0. The van der Waals surface area contributed by atoms with Crippen LogP contribution in [0.25, 0.3) is 0 Å². The lowest BCUT2D eigenvalue weighted by atomic mass is 9.97. The number of esters is 1. The van der Waals surface area contributed by atoms with E-state index >= 15 is 0 Å². The maximum atomic E-state index is 11.8. The molecule has 0 aromatic carbocycles. The van der Waals surface area contributed by atoms with Crippen molar-refractivity contribution in [3.8, 4) is 12.3 Å². The molecule has 1 aromatic heterocycles. The summed E-state index contributed by atoms with van der Waals surface area (Å²) in [6.07, 6.45) is 5.09. The van der Waals surface area contributed by atoms with Gasteiger partial charge in [0, 0.05) is 0 Å². The minimum Gasteiger partial charge on any atom is -0.462 e. The first-order chi connectivity index (χ1) is 7.84. The predicted molar refractivity (Wildman–Crippen MR) is 65.2 cm³/mol. The Hall–Kier alpha value is -1.69. The molecule has 1 rings (SSSR count). The zero-order valence-electron chi connectivity index (χ0n) is 10.7. The normalized spacial score (nSPS) is 12.9. The van der Waals surface area contributed by atoms with Crippen LogP contribution in [-0.2, 0) is 9.53 Å². The molecular weight excluding hydrogens is 216 g/mol. The van der Waals surface area contributed by atoms with Crippen LogP contribution in [0.15, 0.2) is 16.5 Å². The van der Waals surface area contributed by atoms with Gasteiger partial charge in [0.2, 0.25) is 0 Å².